The molecule has 3 rings (SSSR count). The molecule has 1 aliphatic heterocycles. The molecule has 0 unspecified atom stereocenters. The van der Waals surface area contributed by atoms with E-state index in [1.54, 1.807) is 6.20 Å². The summed E-state index contributed by atoms with van der Waals surface area (Å²) in [6.45, 7) is 8.15. The van der Waals surface area contributed by atoms with Crippen molar-refractivity contribution >= 4 is 11.8 Å². The van der Waals surface area contributed by atoms with E-state index in [4.69, 9.17) is 4.98 Å². The molecule has 1 saturated heterocycles. The molecule has 1 aromatic carbocycles. The van der Waals surface area contributed by atoms with Gasteiger partial charge in [-0.05, 0) is 12.1 Å². The Labute approximate surface area is 137 Å². The maximum Gasteiger partial charge on any atom is 0.247 e. The second-order valence-electron chi connectivity index (χ2n) is 5.88. The molecular formula is C17H24N6. The maximum atomic E-state index is 4.70. The summed E-state index contributed by atoms with van der Waals surface area (Å²) >= 11 is 0. The smallest absolute Gasteiger partial charge is 0.247 e. The standard InChI is InChI=1S/C17H24N6/c1-3-22-9-11-23(12-10-22)17-19-16(13-18-20-17)21(2)14-15-7-5-4-6-8-15/h4-8,13H,3,9-12,14H2,1-2H3. The van der Waals surface area contributed by atoms with Crippen LogP contribution >= 0.6 is 0 Å². The fourth-order valence-electron chi connectivity index (χ4n) is 2.81. The Balaban J connectivity index is 1.67. The fourth-order valence-corrected chi connectivity index (χ4v) is 2.81. The van der Waals surface area contributed by atoms with Gasteiger partial charge in [0, 0.05) is 39.8 Å². The van der Waals surface area contributed by atoms with Crippen molar-refractivity contribution in [3.63, 3.8) is 0 Å². The number of piperazine rings is 1. The highest BCUT2D eigenvalue weighted by molar-refractivity contribution is 5.42. The Morgan fingerprint density at radius 1 is 1.09 bits per heavy atom. The van der Waals surface area contributed by atoms with Crippen LogP contribution in [0.3, 0.4) is 0 Å². The summed E-state index contributed by atoms with van der Waals surface area (Å²) in [6, 6.07) is 10.4. The summed E-state index contributed by atoms with van der Waals surface area (Å²) in [5, 5.41) is 8.38. The lowest BCUT2D eigenvalue weighted by Crippen LogP contribution is -2.46. The van der Waals surface area contributed by atoms with Gasteiger partial charge in [0.15, 0.2) is 5.82 Å². The van der Waals surface area contributed by atoms with Crippen molar-refractivity contribution < 1.29 is 0 Å². The first-order valence-corrected chi connectivity index (χ1v) is 8.18. The number of nitrogens with zero attached hydrogens (tertiary/aromatic N) is 6. The highest BCUT2D eigenvalue weighted by Gasteiger charge is 2.19. The number of hydrogen-bond donors (Lipinski definition) is 0. The van der Waals surface area contributed by atoms with E-state index in [-0.39, 0.29) is 0 Å². The highest BCUT2D eigenvalue weighted by atomic mass is 15.4. The highest BCUT2D eigenvalue weighted by Crippen LogP contribution is 2.16. The van der Waals surface area contributed by atoms with E-state index in [0.29, 0.717) is 0 Å². The number of rotatable bonds is 5. The van der Waals surface area contributed by atoms with Gasteiger partial charge < -0.3 is 14.7 Å². The van der Waals surface area contributed by atoms with Crippen LogP contribution in [-0.4, -0.2) is 59.9 Å². The minimum atomic E-state index is 0.734. The zero-order valence-corrected chi connectivity index (χ0v) is 13.9. The quantitative estimate of drug-likeness (QED) is 0.837. The normalized spacial score (nSPS) is 15.7. The molecule has 0 saturated carbocycles. The fraction of sp³-hybridized carbons (Fsp3) is 0.471. The molecule has 0 spiro atoms. The molecule has 2 aromatic rings. The molecule has 0 N–H and O–H groups in total. The van der Waals surface area contributed by atoms with E-state index >= 15 is 0 Å². The molecule has 6 nitrogen and oxygen atoms in total. The summed E-state index contributed by atoms with van der Waals surface area (Å²) in [5.41, 5.74) is 1.26. The minimum absolute atomic E-state index is 0.734. The largest absolute Gasteiger partial charge is 0.354 e. The molecule has 0 aliphatic carbocycles. The molecule has 1 aromatic heterocycles. The summed E-state index contributed by atoms with van der Waals surface area (Å²) < 4.78 is 0. The lowest BCUT2D eigenvalue weighted by molar-refractivity contribution is 0.269. The Hall–Kier alpha value is -2.21. The summed E-state index contributed by atoms with van der Waals surface area (Å²) in [4.78, 5) is 11.5. The number of aromatic nitrogens is 3. The van der Waals surface area contributed by atoms with Crippen LogP contribution in [0.15, 0.2) is 36.5 Å². The van der Waals surface area contributed by atoms with E-state index in [1.807, 2.05) is 13.1 Å². The third-order valence-corrected chi connectivity index (χ3v) is 4.29. The van der Waals surface area contributed by atoms with Crippen molar-refractivity contribution in [3.05, 3.63) is 42.1 Å². The molecule has 1 aliphatic rings. The van der Waals surface area contributed by atoms with Gasteiger partial charge in [-0.25, -0.2) is 0 Å². The van der Waals surface area contributed by atoms with Crippen molar-refractivity contribution in [1.29, 1.82) is 0 Å². The van der Waals surface area contributed by atoms with Gasteiger partial charge in [-0.15, -0.1) is 5.10 Å². The van der Waals surface area contributed by atoms with Crippen molar-refractivity contribution in [2.24, 2.45) is 0 Å². The van der Waals surface area contributed by atoms with Gasteiger partial charge in [-0.1, -0.05) is 37.3 Å². The lowest BCUT2D eigenvalue weighted by Gasteiger charge is -2.34. The van der Waals surface area contributed by atoms with Gasteiger partial charge in [0.05, 0.1) is 6.20 Å². The second-order valence-corrected chi connectivity index (χ2v) is 5.88. The van der Waals surface area contributed by atoms with Gasteiger partial charge in [0.25, 0.3) is 0 Å². The Bertz CT molecular complexity index is 609. The average Bonchev–Trinajstić information content (AvgIpc) is 2.63. The topological polar surface area (TPSA) is 48.4 Å². The lowest BCUT2D eigenvalue weighted by atomic mass is 10.2. The van der Waals surface area contributed by atoms with Crippen LogP contribution < -0.4 is 9.80 Å². The predicted molar refractivity (Wildman–Crippen MR) is 92.7 cm³/mol. The van der Waals surface area contributed by atoms with Gasteiger partial charge in [-0.2, -0.15) is 10.1 Å². The third kappa shape index (κ3) is 3.96. The molecule has 2 heterocycles. The summed E-state index contributed by atoms with van der Waals surface area (Å²) in [5.74, 6) is 1.59. The molecule has 0 radical (unpaired) electrons. The number of hydrogen-bond acceptors (Lipinski definition) is 6. The summed E-state index contributed by atoms with van der Waals surface area (Å²) in [7, 11) is 2.04. The zero-order valence-electron chi connectivity index (χ0n) is 13.9. The second kappa shape index (κ2) is 7.37. The molecular weight excluding hydrogens is 288 g/mol. The van der Waals surface area contributed by atoms with Crippen molar-refractivity contribution in [3.8, 4) is 0 Å². The molecule has 0 bridgehead atoms. The number of benzene rings is 1. The molecule has 23 heavy (non-hydrogen) atoms. The Morgan fingerprint density at radius 3 is 2.52 bits per heavy atom. The third-order valence-electron chi connectivity index (χ3n) is 4.29. The molecule has 122 valence electrons. The van der Waals surface area contributed by atoms with E-state index < -0.39 is 0 Å². The molecule has 0 amide bonds. The van der Waals surface area contributed by atoms with Crippen molar-refractivity contribution in [2.45, 2.75) is 13.5 Å². The first-order valence-electron chi connectivity index (χ1n) is 8.18. The average molecular weight is 312 g/mol. The van der Waals surface area contributed by atoms with Gasteiger partial charge in [0.1, 0.15) is 0 Å². The minimum Gasteiger partial charge on any atom is -0.354 e. The van der Waals surface area contributed by atoms with E-state index in [2.05, 4.69) is 56.1 Å². The predicted octanol–water partition coefficient (Wildman–Crippen LogP) is 1.65. The van der Waals surface area contributed by atoms with Crippen molar-refractivity contribution in [1.82, 2.24) is 20.1 Å². The maximum absolute atomic E-state index is 4.70. The monoisotopic (exact) mass is 312 g/mol. The van der Waals surface area contributed by atoms with E-state index in [0.717, 1.165) is 51.0 Å². The van der Waals surface area contributed by atoms with Crippen LogP contribution in [0.25, 0.3) is 0 Å². The SMILES string of the molecule is CCN1CCN(c2nncc(N(C)Cc3ccccc3)n2)CC1. The van der Waals surface area contributed by atoms with Gasteiger partial charge in [-0.3, -0.25) is 0 Å². The number of likely N-dealkylation sites (N-methyl/N-ethyl adjacent to an activating group) is 1. The molecule has 0 atom stereocenters. The van der Waals surface area contributed by atoms with Crippen LogP contribution in [0, 0.1) is 0 Å². The summed E-state index contributed by atoms with van der Waals surface area (Å²) in [6.07, 6.45) is 1.73. The molecule has 6 heteroatoms. The van der Waals surface area contributed by atoms with Crippen LogP contribution in [-0.2, 0) is 6.54 Å². The van der Waals surface area contributed by atoms with Gasteiger partial charge >= 0.3 is 0 Å². The molecule has 1 fully saturated rings. The Kier molecular flexibility index (Phi) is 5.02. The first kappa shape index (κ1) is 15.7. The first-order chi connectivity index (χ1) is 11.3. The van der Waals surface area contributed by atoms with Gasteiger partial charge in [0.2, 0.25) is 5.95 Å². The van der Waals surface area contributed by atoms with Crippen LogP contribution in [0.1, 0.15) is 12.5 Å². The van der Waals surface area contributed by atoms with Crippen LogP contribution in [0.2, 0.25) is 0 Å². The zero-order chi connectivity index (χ0) is 16.1. The number of anilines is 2. The Morgan fingerprint density at radius 2 is 1.83 bits per heavy atom. The van der Waals surface area contributed by atoms with E-state index in [1.165, 1.54) is 5.56 Å². The van der Waals surface area contributed by atoms with Crippen LogP contribution in [0.4, 0.5) is 11.8 Å². The van der Waals surface area contributed by atoms with Crippen LogP contribution in [0.5, 0.6) is 0 Å². The van der Waals surface area contributed by atoms with E-state index in [9.17, 15) is 0 Å². The van der Waals surface area contributed by atoms with Crippen molar-refractivity contribution in [2.75, 3.05) is 49.6 Å².